The van der Waals surface area contributed by atoms with Crippen LogP contribution in [0.2, 0.25) is 5.02 Å². The second-order valence-corrected chi connectivity index (χ2v) is 2.89. The zero-order valence-electron chi connectivity index (χ0n) is 7.01. The molecule has 0 aromatic carbocycles. The molecule has 1 aromatic heterocycles. The maximum Gasteiger partial charge on any atom is 0.265 e. The molecule has 0 amide bonds. The second kappa shape index (κ2) is 4.43. The molecule has 6 heteroatoms. The number of pyridine rings is 1. The Morgan fingerprint density at radius 1 is 1.64 bits per heavy atom. The average molecular weight is 221 g/mol. The first kappa shape index (κ1) is 11.0. The topological polar surface area (TPSA) is 56.0 Å². The number of hydrogen-bond acceptors (Lipinski definition) is 3. The van der Waals surface area contributed by atoms with Crippen molar-refractivity contribution in [1.82, 2.24) is 4.98 Å². The van der Waals surface area contributed by atoms with E-state index in [1.54, 1.807) is 0 Å². The third kappa shape index (κ3) is 1.88. The van der Waals surface area contributed by atoms with Gasteiger partial charge in [-0.2, -0.15) is 0 Å². The number of rotatable bonds is 3. The first-order chi connectivity index (χ1) is 6.61. The number of hydrogen-bond donors (Lipinski definition) is 1. The highest BCUT2D eigenvalue weighted by Crippen LogP contribution is 2.28. The van der Waals surface area contributed by atoms with Crippen molar-refractivity contribution in [3.05, 3.63) is 28.0 Å². The Morgan fingerprint density at radius 3 is 2.71 bits per heavy atom. The van der Waals surface area contributed by atoms with E-state index in [0.717, 1.165) is 6.20 Å². The predicted octanol–water partition coefficient (Wildman–Crippen LogP) is 1.94. The van der Waals surface area contributed by atoms with Crippen LogP contribution in [-0.2, 0) is 6.54 Å². The van der Waals surface area contributed by atoms with Gasteiger partial charge in [-0.3, -0.25) is 9.78 Å². The molecular weight excluding hydrogens is 214 g/mol. The molecule has 0 unspecified atom stereocenters. The van der Waals surface area contributed by atoms with Gasteiger partial charge in [-0.1, -0.05) is 11.6 Å². The van der Waals surface area contributed by atoms with Crippen molar-refractivity contribution < 1.29 is 13.6 Å². The highest BCUT2D eigenvalue weighted by molar-refractivity contribution is 6.33. The van der Waals surface area contributed by atoms with E-state index >= 15 is 0 Å². The molecule has 3 nitrogen and oxygen atoms in total. The molecule has 2 N–H and O–H groups in total. The summed E-state index contributed by atoms with van der Waals surface area (Å²) >= 11 is 5.65. The summed E-state index contributed by atoms with van der Waals surface area (Å²) in [6, 6.07) is 0. The van der Waals surface area contributed by atoms with Gasteiger partial charge in [-0.25, -0.2) is 8.78 Å². The fourth-order valence-electron chi connectivity index (χ4n) is 1.03. The molecule has 0 fully saturated rings. The van der Waals surface area contributed by atoms with Gasteiger partial charge in [0.15, 0.2) is 6.29 Å². The summed E-state index contributed by atoms with van der Waals surface area (Å²) < 4.78 is 24.8. The van der Waals surface area contributed by atoms with Gasteiger partial charge >= 0.3 is 0 Å². The largest absolute Gasteiger partial charge is 0.326 e. The summed E-state index contributed by atoms with van der Waals surface area (Å²) in [7, 11) is 0. The lowest BCUT2D eigenvalue weighted by atomic mass is 10.1. The van der Waals surface area contributed by atoms with Crippen LogP contribution >= 0.6 is 11.6 Å². The Morgan fingerprint density at radius 2 is 2.29 bits per heavy atom. The number of aldehydes is 1. The molecular formula is C8H7ClF2N2O. The van der Waals surface area contributed by atoms with Crippen molar-refractivity contribution in [2.24, 2.45) is 5.73 Å². The molecule has 1 aromatic rings. The lowest BCUT2D eigenvalue weighted by Gasteiger charge is -2.09. The third-order valence-corrected chi connectivity index (χ3v) is 2.15. The van der Waals surface area contributed by atoms with E-state index in [9.17, 15) is 13.6 Å². The van der Waals surface area contributed by atoms with E-state index in [4.69, 9.17) is 17.3 Å². The standard InChI is InChI=1S/C8H7ClF2N2O/c9-7-4(1-12)5(8(10)11)2-13-6(7)3-14/h2-3,8H,1,12H2. The van der Waals surface area contributed by atoms with Crippen molar-refractivity contribution in [2.75, 3.05) is 0 Å². The maximum atomic E-state index is 12.4. The van der Waals surface area contributed by atoms with Gasteiger partial charge in [0, 0.05) is 18.3 Å². The molecule has 14 heavy (non-hydrogen) atoms. The van der Waals surface area contributed by atoms with Crippen LogP contribution in [0, 0.1) is 0 Å². The van der Waals surface area contributed by atoms with Crippen molar-refractivity contribution in [3.8, 4) is 0 Å². The van der Waals surface area contributed by atoms with E-state index in [-0.39, 0.29) is 28.4 Å². The van der Waals surface area contributed by atoms with Gasteiger partial charge in [-0.05, 0) is 5.56 Å². The Hall–Kier alpha value is -1.07. The Balaban J connectivity index is 3.35. The summed E-state index contributed by atoms with van der Waals surface area (Å²) in [5.41, 5.74) is 4.92. The lowest BCUT2D eigenvalue weighted by molar-refractivity contribution is 0.111. The van der Waals surface area contributed by atoms with Gasteiger partial charge in [0.2, 0.25) is 0 Å². The Bertz CT molecular complexity index is 357. The fourth-order valence-corrected chi connectivity index (χ4v) is 1.31. The van der Waals surface area contributed by atoms with Gasteiger partial charge < -0.3 is 5.73 Å². The Kier molecular flexibility index (Phi) is 3.49. The number of carbonyl (C=O) groups excluding carboxylic acids is 1. The van der Waals surface area contributed by atoms with Gasteiger partial charge in [0.1, 0.15) is 5.69 Å². The fraction of sp³-hybridized carbons (Fsp3) is 0.250. The predicted molar refractivity (Wildman–Crippen MR) is 47.5 cm³/mol. The summed E-state index contributed by atoms with van der Waals surface area (Å²) in [4.78, 5) is 13.9. The van der Waals surface area contributed by atoms with Crippen LogP contribution < -0.4 is 5.73 Å². The summed E-state index contributed by atoms with van der Waals surface area (Å²) in [6.07, 6.45) is -1.38. The van der Waals surface area contributed by atoms with Gasteiger partial charge in [0.05, 0.1) is 5.02 Å². The number of nitrogens with two attached hydrogens (primary N) is 1. The van der Waals surface area contributed by atoms with Crippen LogP contribution in [0.1, 0.15) is 28.0 Å². The van der Waals surface area contributed by atoms with E-state index in [0.29, 0.717) is 6.29 Å². The van der Waals surface area contributed by atoms with Crippen LogP contribution in [0.4, 0.5) is 8.78 Å². The molecule has 0 bridgehead atoms. The molecule has 1 rings (SSSR count). The number of alkyl halides is 2. The van der Waals surface area contributed by atoms with Crippen LogP contribution in [0.3, 0.4) is 0 Å². The SMILES string of the molecule is NCc1c(C(F)F)cnc(C=O)c1Cl. The normalized spacial score (nSPS) is 10.6. The molecule has 0 saturated carbocycles. The summed E-state index contributed by atoms with van der Waals surface area (Å²) in [5, 5.41) is -0.0969. The maximum absolute atomic E-state index is 12.4. The highest BCUT2D eigenvalue weighted by atomic mass is 35.5. The third-order valence-electron chi connectivity index (χ3n) is 1.73. The Labute approximate surface area is 83.9 Å². The summed E-state index contributed by atoms with van der Waals surface area (Å²) in [5.74, 6) is 0. The van der Waals surface area contributed by atoms with Crippen LogP contribution in [0.25, 0.3) is 0 Å². The van der Waals surface area contributed by atoms with Gasteiger partial charge in [0.25, 0.3) is 6.43 Å². The minimum Gasteiger partial charge on any atom is -0.326 e. The zero-order valence-corrected chi connectivity index (χ0v) is 7.76. The number of carbonyl (C=O) groups is 1. The van der Waals surface area contributed by atoms with Crippen molar-refractivity contribution in [2.45, 2.75) is 13.0 Å². The first-order valence-electron chi connectivity index (χ1n) is 3.72. The number of aromatic nitrogens is 1. The monoisotopic (exact) mass is 220 g/mol. The van der Waals surface area contributed by atoms with E-state index < -0.39 is 6.43 Å². The van der Waals surface area contributed by atoms with Crippen LogP contribution in [0.15, 0.2) is 6.20 Å². The zero-order chi connectivity index (χ0) is 10.7. The van der Waals surface area contributed by atoms with E-state index in [2.05, 4.69) is 4.98 Å². The van der Waals surface area contributed by atoms with Crippen LogP contribution in [-0.4, -0.2) is 11.3 Å². The summed E-state index contributed by atoms with van der Waals surface area (Å²) in [6.45, 7) is -0.151. The molecule has 0 spiro atoms. The van der Waals surface area contributed by atoms with Crippen molar-refractivity contribution >= 4 is 17.9 Å². The molecule has 0 aliphatic carbocycles. The van der Waals surface area contributed by atoms with Crippen molar-refractivity contribution in [1.29, 1.82) is 0 Å². The number of halogens is 3. The minimum atomic E-state index is -2.70. The van der Waals surface area contributed by atoms with Crippen LogP contribution in [0.5, 0.6) is 0 Å². The van der Waals surface area contributed by atoms with E-state index in [1.165, 1.54) is 0 Å². The molecule has 1 heterocycles. The second-order valence-electron chi connectivity index (χ2n) is 2.51. The van der Waals surface area contributed by atoms with E-state index in [1.807, 2.05) is 0 Å². The average Bonchev–Trinajstić information content (AvgIpc) is 2.17. The smallest absolute Gasteiger partial charge is 0.265 e. The minimum absolute atomic E-state index is 0.0683. The molecule has 76 valence electrons. The molecule has 0 aliphatic heterocycles. The van der Waals surface area contributed by atoms with Gasteiger partial charge in [-0.15, -0.1) is 0 Å². The first-order valence-corrected chi connectivity index (χ1v) is 4.10. The van der Waals surface area contributed by atoms with Crippen molar-refractivity contribution in [3.63, 3.8) is 0 Å². The molecule has 0 saturated heterocycles. The molecule has 0 aliphatic rings. The molecule has 0 radical (unpaired) electrons. The quantitative estimate of drug-likeness (QED) is 0.792. The highest BCUT2D eigenvalue weighted by Gasteiger charge is 2.17. The lowest BCUT2D eigenvalue weighted by Crippen LogP contribution is -2.06. The number of nitrogens with zero attached hydrogens (tertiary/aromatic N) is 1. The molecule has 0 atom stereocenters.